The van der Waals surface area contributed by atoms with Crippen LogP contribution in [0.3, 0.4) is 0 Å². The van der Waals surface area contributed by atoms with E-state index in [1.54, 1.807) is 0 Å². The largest absolute Gasteiger partial charge is 0.462 e. The molecule has 0 bridgehead atoms. The first-order chi connectivity index (χ1) is 32.0. The van der Waals surface area contributed by atoms with Crippen LogP contribution in [0.4, 0.5) is 0 Å². The van der Waals surface area contributed by atoms with Gasteiger partial charge in [0.05, 0.1) is 0 Å². The third-order valence-electron chi connectivity index (χ3n) is 11.1. The van der Waals surface area contributed by atoms with E-state index in [-0.39, 0.29) is 37.5 Å². The Hall–Kier alpha value is -3.67. The molecule has 0 aliphatic rings. The molecule has 65 heavy (non-hydrogen) atoms. The predicted octanol–water partition coefficient (Wildman–Crippen LogP) is 17.8. The Kier molecular flexibility index (Phi) is 50.0. The smallest absolute Gasteiger partial charge is 0.306 e. The van der Waals surface area contributed by atoms with Gasteiger partial charge in [-0.25, -0.2) is 0 Å². The zero-order valence-corrected chi connectivity index (χ0v) is 42.2. The highest BCUT2D eigenvalue weighted by Gasteiger charge is 2.19. The van der Waals surface area contributed by atoms with Gasteiger partial charge in [-0.1, -0.05) is 208 Å². The Labute approximate surface area is 400 Å². The number of unbranched alkanes of at least 4 members (excludes halogenated alkanes) is 20. The van der Waals surface area contributed by atoms with Gasteiger partial charge in [0.1, 0.15) is 13.2 Å². The Morgan fingerprint density at radius 2 is 0.631 bits per heavy atom. The minimum absolute atomic E-state index is 0.107. The van der Waals surface area contributed by atoms with Crippen molar-refractivity contribution >= 4 is 17.9 Å². The van der Waals surface area contributed by atoms with Crippen LogP contribution in [0, 0.1) is 0 Å². The standard InChI is InChI=1S/C59H98O6/c1-4-7-10-13-16-19-22-25-27-28-29-30-32-35-37-40-43-46-49-52-58(61)64-55-56(65-59(62)53-50-47-44-41-38-33-24-21-18-15-12-9-6-3)54-63-57(60)51-48-45-42-39-36-34-31-26-23-20-17-14-11-8-5-2/h7,10,16,19-21,23-25,27,29-30,35,37,43,46,56H,4-6,8-9,11-15,17-18,22,26,28,31-34,36,38-42,44-45,47-55H2,1-3H3/b10-7-,19-16-,23-20-,24-21-,27-25-,30-29-,37-35-,46-43-/t56-/m0/s1. The van der Waals surface area contributed by atoms with Crippen LogP contribution in [0.15, 0.2) is 97.2 Å². The van der Waals surface area contributed by atoms with Crippen molar-refractivity contribution in [2.45, 2.75) is 245 Å². The molecule has 6 nitrogen and oxygen atoms in total. The van der Waals surface area contributed by atoms with Crippen molar-refractivity contribution in [1.82, 2.24) is 0 Å². The van der Waals surface area contributed by atoms with Crippen LogP contribution in [-0.2, 0) is 28.6 Å². The van der Waals surface area contributed by atoms with Gasteiger partial charge in [-0.2, -0.15) is 0 Å². The number of hydrogen-bond donors (Lipinski definition) is 0. The minimum atomic E-state index is -0.814. The molecule has 0 heterocycles. The van der Waals surface area contributed by atoms with Crippen molar-refractivity contribution in [2.75, 3.05) is 13.2 Å². The van der Waals surface area contributed by atoms with E-state index in [0.717, 1.165) is 89.9 Å². The van der Waals surface area contributed by atoms with E-state index in [1.165, 1.54) is 103 Å². The summed E-state index contributed by atoms with van der Waals surface area (Å²) in [5.74, 6) is -1.01. The van der Waals surface area contributed by atoms with Crippen LogP contribution < -0.4 is 0 Å². The van der Waals surface area contributed by atoms with Crippen LogP contribution in [0.2, 0.25) is 0 Å². The topological polar surface area (TPSA) is 78.9 Å². The molecule has 370 valence electrons. The lowest BCUT2D eigenvalue weighted by atomic mass is 10.1. The van der Waals surface area contributed by atoms with Crippen molar-refractivity contribution in [3.8, 4) is 0 Å². The quantitative estimate of drug-likeness (QED) is 0.0262. The molecule has 6 heteroatoms. The lowest BCUT2D eigenvalue weighted by molar-refractivity contribution is -0.166. The van der Waals surface area contributed by atoms with Gasteiger partial charge in [0.25, 0.3) is 0 Å². The molecule has 0 aliphatic heterocycles. The van der Waals surface area contributed by atoms with Gasteiger partial charge in [0, 0.05) is 19.3 Å². The second kappa shape index (κ2) is 52.9. The molecule has 0 aromatic heterocycles. The normalized spacial score (nSPS) is 12.8. The number of carbonyl (C=O) groups is 3. The molecule has 0 spiro atoms. The zero-order valence-electron chi connectivity index (χ0n) is 42.2. The summed E-state index contributed by atoms with van der Waals surface area (Å²) >= 11 is 0. The Bertz CT molecular complexity index is 1310. The summed E-state index contributed by atoms with van der Waals surface area (Å²) in [6, 6.07) is 0. The second-order valence-electron chi connectivity index (χ2n) is 17.4. The summed E-state index contributed by atoms with van der Waals surface area (Å²) in [6.07, 6.45) is 69.7. The van der Waals surface area contributed by atoms with Crippen molar-refractivity contribution in [2.24, 2.45) is 0 Å². The third kappa shape index (κ3) is 51.2. The maximum absolute atomic E-state index is 12.8. The summed E-state index contributed by atoms with van der Waals surface area (Å²) in [5, 5.41) is 0. The molecule has 0 aromatic rings. The van der Waals surface area contributed by atoms with Gasteiger partial charge in [0.2, 0.25) is 0 Å². The van der Waals surface area contributed by atoms with Gasteiger partial charge >= 0.3 is 17.9 Å². The molecule has 0 saturated carbocycles. The van der Waals surface area contributed by atoms with Crippen LogP contribution >= 0.6 is 0 Å². The summed E-state index contributed by atoms with van der Waals surface area (Å²) in [4.78, 5) is 38.0. The fraction of sp³-hybridized carbons (Fsp3) is 0.678. The molecule has 0 rings (SSSR count). The SMILES string of the molecule is CC/C=C\C/C=C\C/C=C\C/C=C\C/C=C\C/C=C\CCC(=O)OC[C@H](COC(=O)CCCCCCCCC/C=C\CCCCCC)OC(=O)CCCCCCC/C=C\CCCCCC. The molecular weight excluding hydrogens is 805 g/mol. The molecule has 0 N–H and O–H groups in total. The highest BCUT2D eigenvalue weighted by molar-refractivity contribution is 5.71. The first kappa shape index (κ1) is 61.3. The average Bonchev–Trinajstić information content (AvgIpc) is 3.30. The predicted molar refractivity (Wildman–Crippen MR) is 279 cm³/mol. The van der Waals surface area contributed by atoms with E-state index in [2.05, 4.69) is 112 Å². The number of hydrogen-bond acceptors (Lipinski definition) is 6. The van der Waals surface area contributed by atoms with Gasteiger partial charge in [-0.15, -0.1) is 0 Å². The van der Waals surface area contributed by atoms with Crippen molar-refractivity contribution < 1.29 is 28.6 Å². The van der Waals surface area contributed by atoms with Crippen LogP contribution in [-0.4, -0.2) is 37.2 Å². The monoisotopic (exact) mass is 903 g/mol. The van der Waals surface area contributed by atoms with Crippen molar-refractivity contribution in [3.63, 3.8) is 0 Å². The lowest BCUT2D eigenvalue weighted by Gasteiger charge is -2.18. The van der Waals surface area contributed by atoms with Gasteiger partial charge in [0.15, 0.2) is 6.10 Å². The Morgan fingerprint density at radius 3 is 1.03 bits per heavy atom. The van der Waals surface area contributed by atoms with Gasteiger partial charge in [-0.05, 0) is 109 Å². The van der Waals surface area contributed by atoms with Crippen LogP contribution in [0.5, 0.6) is 0 Å². The zero-order chi connectivity index (χ0) is 47.2. The summed E-state index contributed by atoms with van der Waals surface area (Å²) in [5.41, 5.74) is 0. The molecule has 0 aromatic carbocycles. The van der Waals surface area contributed by atoms with Crippen molar-refractivity contribution in [1.29, 1.82) is 0 Å². The third-order valence-corrected chi connectivity index (χ3v) is 11.1. The van der Waals surface area contributed by atoms with E-state index in [1.807, 2.05) is 6.08 Å². The molecule has 0 amide bonds. The van der Waals surface area contributed by atoms with E-state index in [4.69, 9.17) is 14.2 Å². The molecule has 0 unspecified atom stereocenters. The number of ether oxygens (including phenoxy) is 3. The van der Waals surface area contributed by atoms with E-state index in [9.17, 15) is 14.4 Å². The average molecular weight is 903 g/mol. The Morgan fingerprint density at radius 1 is 0.323 bits per heavy atom. The molecular formula is C59H98O6. The number of rotatable bonds is 47. The Balaban J connectivity index is 4.51. The highest BCUT2D eigenvalue weighted by Crippen LogP contribution is 2.13. The van der Waals surface area contributed by atoms with Crippen molar-refractivity contribution in [3.05, 3.63) is 97.2 Å². The maximum atomic E-state index is 12.8. The second-order valence-corrected chi connectivity index (χ2v) is 17.4. The number of esters is 3. The maximum Gasteiger partial charge on any atom is 0.306 e. The molecule has 0 fully saturated rings. The first-order valence-electron chi connectivity index (χ1n) is 26.7. The number of allylic oxidation sites excluding steroid dienone is 16. The lowest BCUT2D eigenvalue weighted by Crippen LogP contribution is -2.30. The fourth-order valence-corrected chi connectivity index (χ4v) is 7.04. The molecule has 0 radical (unpaired) electrons. The fourth-order valence-electron chi connectivity index (χ4n) is 7.04. The van der Waals surface area contributed by atoms with E-state index in [0.29, 0.717) is 19.3 Å². The van der Waals surface area contributed by atoms with Gasteiger partial charge in [-0.3, -0.25) is 14.4 Å². The minimum Gasteiger partial charge on any atom is -0.462 e. The summed E-state index contributed by atoms with van der Waals surface area (Å²) in [7, 11) is 0. The van der Waals surface area contributed by atoms with Crippen LogP contribution in [0.1, 0.15) is 239 Å². The molecule has 0 aliphatic carbocycles. The van der Waals surface area contributed by atoms with E-state index < -0.39 is 6.10 Å². The first-order valence-corrected chi connectivity index (χ1v) is 26.7. The van der Waals surface area contributed by atoms with Gasteiger partial charge < -0.3 is 14.2 Å². The summed E-state index contributed by atoms with van der Waals surface area (Å²) in [6.45, 7) is 6.42. The van der Waals surface area contributed by atoms with E-state index >= 15 is 0 Å². The number of carbonyl (C=O) groups excluding carboxylic acids is 3. The summed E-state index contributed by atoms with van der Waals surface area (Å²) < 4.78 is 16.7. The highest BCUT2D eigenvalue weighted by atomic mass is 16.6. The molecule has 0 saturated heterocycles. The van der Waals surface area contributed by atoms with Crippen LogP contribution in [0.25, 0.3) is 0 Å². The molecule has 1 atom stereocenters.